The van der Waals surface area contributed by atoms with Crippen LogP contribution < -0.4 is 0 Å². The van der Waals surface area contributed by atoms with Crippen LogP contribution in [-0.4, -0.2) is 60.0 Å². The second-order valence-electron chi connectivity index (χ2n) is 7.04. The summed E-state index contributed by atoms with van der Waals surface area (Å²) < 4.78 is 5.44. The van der Waals surface area contributed by atoms with Crippen molar-refractivity contribution in [2.45, 2.75) is 44.2 Å². The Labute approximate surface area is 146 Å². The predicted octanol–water partition coefficient (Wildman–Crippen LogP) is 2.38. The fraction of sp³-hybridized carbons (Fsp3) is 0.667. The number of amides is 2. The highest BCUT2D eigenvalue weighted by Crippen LogP contribution is 2.34. The molecule has 0 bridgehead atoms. The Morgan fingerprint density at radius 2 is 2.04 bits per heavy atom. The summed E-state index contributed by atoms with van der Waals surface area (Å²) in [4.78, 5) is 30.2. The van der Waals surface area contributed by atoms with Crippen molar-refractivity contribution in [3.63, 3.8) is 0 Å². The lowest BCUT2D eigenvalue weighted by molar-refractivity contribution is -0.138. The van der Waals surface area contributed by atoms with Crippen LogP contribution in [0.25, 0.3) is 0 Å². The highest BCUT2D eigenvalue weighted by molar-refractivity contribution is 7.12. The fourth-order valence-electron chi connectivity index (χ4n) is 4.39. The summed E-state index contributed by atoms with van der Waals surface area (Å²) >= 11 is 1.50. The normalized spacial score (nSPS) is 28.2. The first kappa shape index (κ1) is 16.1. The van der Waals surface area contributed by atoms with Crippen molar-refractivity contribution in [2.24, 2.45) is 5.92 Å². The molecule has 6 heteroatoms. The second kappa shape index (κ2) is 6.84. The first-order valence-electron chi connectivity index (χ1n) is 8.95. The van der Waals surface area contributed by atoms with E-state index in [1.165, 1.54) is 11.3 Å². The molecule has 24 heavy (non-hydrogen) atoms. The van der Waals surface area contributed by atoms with E-state index in [-0.39, 0.29) is 23.9 Å². The van der Waals surface area contributed by atoms with Crippen LogP contribution in [0.2, 0.25) is 0 Å². The van der Waals surface area contributed by atoms with Crippen molar-refractivity contribution in [1.82, 2.24) is 9.80 Å². The number of hydrogen-bond acceptors (Lipinski definition) is 4. The van der Waals surface area contributed by atoms with E-state index in [1.807, 2.05) is 22.4 Å². The van der Waals surface area contributed by atoms with Crippen LogP contribution in [0.1, 0.15) is 41.8 Å². The number of likely N-dealkylation sites (tertiary alicyclic amines) is 2. The zero-order valence-electron chi connectivity index (χ0n) is 13.9. The molecule has 2 atom stereocenters. The largest absolute Gasteiger partial charge is 0.381 e. The molecule has 0 aromatic carbocycles. The van der Waals surface area contributed by atoms with Crippen molar-refractivity contribution in [3.05, 3.63) is 22.4 Å². The Bertz CT molecular complexity index is 597. The molecular weight excluding hydrogens is 324 g/mol. The average molecular weight is 348 g/mol. The van der Waals surface area contributed by atoms with Gasteiger partial charge in [0.1, 0.15) is 0 Å². The molecule has 2 amide bonds. The van der Waals surface area contributed by atoms with Gasteiger partial charge in [0.15, 0.2) is 0 Å². The van der Waals surface area contributed by atoms with Gasteiger partial charge >= 0.3 is 0 Å². The molecule has 0 saturated carbocycles. The molecule has 0 N–H and O–H groups in total. The molecule has 3 aliphatic rings. The van der Waals surface area contributed by atoms with Gasteiger partial charge in [-0.3, -0.25) is 9.59 Å². The Balaban J connectivity index is 1.47. The van der Waals surface area contributed by atoms with Crippen molar-refractivity contribution < 1.29 is 14.3 Å². The van der Waals surface area contributed by atoms with E-state index in [0.717, 1.165) is 56.9 Å². The van der Waals surface area contributed by atoms with Gasteiger partial charge in [0.2, 0.25) is 5.91 Å². The number of rotatable bonds is 3. The minimum absolute atomic E-state index is 0.137. The van der Waals surface area contributed by atoms with Crippen LogP contribution >= 0.6 is 11.3 Å². The van der Waals surface area contributed by atoms with Gasteiger partial charge in [0.05, 0.1) is 17.0 Å². The number of carbonyl (C=O) groups excluding carboxylic acids is 2. The lowest BCUT2D eigenvalue weighted by atomic mass is 9.92. The Morgan fingerprint density at radius 3 is 2.79 bits per heavy atom. The number of fused-ring (bicyclic) bond motifs is 1. The maximum Gasteiger partial charge on any atom is 0.264 e. The van der Waals surface area contributed by atoms with Crippen LogP contribution in [0, 0.1) is 5.92 Å². The van der Waals surface area contributed by atoms with Crippen LogP contribution in [-0.2, 0) is 9.53 Å². The molecule has 0 spiro atoms. The summed E-state index contributed by atoms with van der Waals surface area (Å²) in [5.74, 6) is 0.953. The van der Waals surface area contributed by atoms with Gasteiger partial charge in [-0.15, -0.1) is 11.3 Å². The van der Waals surface area contributed by atoms with Crippen LogP contribution in [0.3, 0.4) is 0 Å². The molecule has 130 valence electrons. The molecule has 4 rings (SSSR count). The van der Waals surface area contributed by atoms with E-state index in [9.17, 15) is 9.59 Å². The molecule has 3 fully saturated rings. The molecule has 5 nitrogen and oxygen atoms in total. The van der Waals surface area contributed by atoms with Crippen LogP contribution in [0.5, 0.6) is 0 Å². The molecule has 3 aliphatic heterocycles. The van der Waals surface area contributed by atoms with E-state index in [2.05, 4.69) is 4.90 Å². The predicted molar refractivity (Wildman–Crippen MR) is 92.0 cm³/mol. The fourth-order valence-corrected chi connectivity index (χ4v) is 5.07. The third-order valence-electron chi connectivity index (χ3n) is 5.67. The van der Waals surface area contributed by atoms with E-state index in [0.29, 0.717) is 12.3 Å². The zero-order valence-corrected chi connectivity index (χ0v) is 14.7. The van der Waals surface area contributed by atoms with Crippen molar-refractivity contribution in [3.8, 4) is 0 Å². The van der Waals surface area contributed by atoms with E-state index >= 15 is 0 Å². The molecule has 4 heterocycles. The number of ether oxygens (including phenoxy) is 1. The van der Waals surface area contributed by atoms with Gasteiger partial charge in [-0.05, 0) is 43.0 Å². The van der Waals surface area contributed by atoms with Gasteiger partial charge < -0.3 is 14.5 Å². The van der Waals surface area contributed by atoms with Crippen molar-refractivity contribution in [1.29, 1.82) is 0 Å². The minimum atomic E-state index is 0.137. The van der Waals surface area contributed by atoms with Gasteiger partial charge in [-0.1, -0.05) is 6.07 Å². The smallest absolute Gasteiger partial charge is 0.264 e. The molecule has 0 unspecified atom stereocenters. The summed E-state index contributed by atoms with van der Waals surface area (Å²) in [7, 11) is 0. The third-order valence-corrected chi connectivity index (χ3v) is 6.53. The lowest BCUT2D eigenvalue weighted by Crippen LogP contribution is -2.54. The van der Waals surface area contributed by atoms with Crippen LogP contribution in [0.15, 0.2) is 17.5 Å². The zero-order chi connectivity index (χ0) is 16.5. The number of carbonyl (C=O) groups is 2. The highest BCUT2D eigenvalue weighted by Gasteiger charge is 2.45. The molecule has 1 aromatic heterocycles. The van der Waals surface area contributed by atoms with Gasteiger partial charge in [-0.25, -0.2) is 0 Å². The average Bonchev–Trinajstić information content (AvgIpc) is 3.27. The SMILES string of the molecule is O=C1CC[C@H]2[C@H](CCN2C(=O)c2cccs2)N1CC1CCOCC1. The Kier molecular flexibility index (Phi) is 4.59. The number of thiophene rings is 1. The highest BCUT2D eigenvalue weighted by atomic mass is 32.1. The molecule has 0 aliphatic carbocycles. The third kappa shape index (κ3) is 2.97. The maximum absolute atomic E-state index is 12.8. The number of hydrogen-bond donors (Lipinski definition) is 0. The monoisotopic (exact) mass is 348 g/mol. The summed E-state index contributed by atoms with van der Waals surface area (Å²) in [5, 5.41) is 1.95. The Morgan fingerprint density at radius 1 is 1.21 bits per heavy atom. The summed E-state index contributed by atoms with van der Waals surface area (Å²) in [6.45, 7) is 3.22. The lowest BCUT2D eigenvalue weighted by Gasteiger charge is -2.41. The number of piperidine rings is 1. The van der Waals surface area contributed by atoms with E-state index in [1.54, 1.807) is 0 Å². The maximum atomic E-state index is 12.8. The summed E-state index contributed by atoms with van der Waals surface area (Å²) in [6, 6.07) is 4.22. The second-order valence-corrected chi connectivity index (χ2v) is 7.99. The summed E-state index contributed by atoms with van der Waals surface area (Å²) in [5.41, 5.74) is 0. The molecule has 3 saturated heterocycles. The number of nitrogens with zero attached hydrogens (tertiary/aromatic N) is 2. The topological polar surface area (TPSA) is 49.9 Å². The van der Waals surface area contributed by atoms with Gasteiger partial charge in [0.25, 0.3) is 5.91 Å². The first-order valence-corrected chi connectivity index (χ1v) is 9.83. The van der Waals surface area contributed by atoms with Crippen molar-refractivity contribution in [2.75, 3.05) is 26.3 Å². The molecular formula is C18H24N2O3S. The minimum Gasteiger partial charge on any atom is -0.381 e. The van der Waals surface area contributed by atoms with Crippen LogP contribution in [0.4, 0.5) is 0 Å². The van der Waals surface area contributed by atoms with Gasteiger partial charge in [0, 0.05) is 32.7 Å². The Hall–Kier alpha value is -1.40. The standard InChI is InChI=1S/C18H24N2O3S/c21-17-4-3-14-15(20(17)12-13-6-9-23-10-7-13)5-8-19(14)18(22)16-2-1-11-24-16/h1-2,11,13-15H,3-10,12H2/t14-,15-/m0/s1. The quantitative estimate of drug-likeness (QED) is 0.843. The van der Waals surface area contributed by atoms with Gasteiger partial charge in [-0.2, -0.15) is 0 Å². The molecule has 0 radical (unpaired) electrons. The molecule has 1 aromatic rings. The van der Waals surface area contributed by atoms with E-state index < -0.39 is 0 Å². The first-order chi connectivity index (χ1) is 11.7. The van der Waals surface area contributed by atoms with E-state index in [4.69, 9.17) is 4.74 Å². The van der Waals surface area contributed by atoms with Crippen molar-refractivity contribution >= 4 is 23.2 Å². The summed E-state index contributed by atoms with van der Waals surface area (Å²) in [6.07, 6.45) is 4.37.